The lowest BCUT2D eigenvalue weighted by molar-refractivity contribution is -0.138. The van der Waals surface area contributed by atoms with E-state index in [9.17, 15) is 4.79 Å². The van der Waals surface area contributed by atoms with Crippen LogP contribution in [-0.2, 0) is 4.79 Å². The number of nitrogens with two attached hydrogens (primary N) is 1. The van der Waals surface area contributed by atoms with Crippen molar-refractivity contribution in [3.63, 3.8) is 0 Å². The van der Waals surface area contributed by atoms with Gasteiger partial charge in [-0.3, -0.25) is 9.69 Å². The second kappa shape index (κ2) is 6.90. The summed E-state index contributed by atoms with van der Waals surface area (Å²) in [6, 6.07) is 0.978. The predicted octanol–water partition coefficient (Wildman–Crippen LogP) is 2.08. The average Bonchev–Trinajstić information content (AvgIpc) is 2.74. The van der Waals surface area contributed by atoms with Crippen LogP contribution in [0.15, 0.2) is 0 Å². The first kappa shape index (κ1) is 17.4. The highest BCUT2D eigenvalue weighted by Gasteiger charge is 2.36. The number of likely N-dealkylation sites (N-methyl/N-ethyl adjacent to an activating group) is 1. The van der Waals surface area contributed by atoms with Crippen molar-refractivity contribution < 1.29 is 4.79 Å². The fourth-order valence-electron chi connectivity index (χ4n) is 3.30. The normalized spacial score (nSPS) is 25.8. The zero-order valence-corrected chi connectivity index (χ0v) is 14.1. The minimum absolute atomic E-state index is 0.0202. The van der Waals surface area contributed by atoms with E-state index in [1.165, 1.54) is 12.8 Å². The Morgan fingerprint density at radius 3 is 2.25 bits per heavy atom. The molecule has 0 radical (unpaired) electrons. The summed E-state index contributed by atoms with van der Waals surface area (Å²) in [6.45, 7) is 14.9. The van der Waals surface area contributed by atoms with Crippen LogP contribution in [0.5, 0.6) is 0 Å². The minimum Gasteiger partial charge on any atom is -0.341 e. The van der Waals surface area contributed by atoms with Gasteiger partial charge in [0, 0.05) is 25.2 Å². The van der Waals surface area contributed by atoms with Crippen molar-refractivity contribution in [2.45, 2.75) is 72.5 Å². The van der Waals surface area contributed by atoms with Crippen LogP contribution in [-0.4, -0.2) is 53.5 Å². The van der Waals surface area contributed by atoms with E-state index in [2.05, 4.69) is 39.5 Å². The first-order valence-electron chi connectivity index (χ1n) is 7.99. The van der Waals surface area contributed by atoms with Crippen molar-refractivity contribution in [2.75, 3.05) is 19.6 Å². The van der Waals surface area contributed by atoms with E-state index in [-0.39, 0.29) is 17.4 Å². The Morgan fingerprint density at radius 2 is 1.85 bits per heavy atom. The standard InChI is InChI=1S/C16H33N3O/c1-7-18(11-16(5,6)10-17)15(20)14(4)19-12(2)8-9-13(19)3/h12-14H,7-11,17H2,1-6H3. The van der Waals surface area contributed by atoms with E-state index in [0.717, 1.165) is 13.1 Å². The van der Waals surface area contributed by atoms with Crippen molar-refractivity contribution >= 4 is 5.91 Å². The van der Waals surface area contributed by atoms with Gasteiger partial charge in [0.05, 0.1) is 6.04 Å². The Labute approximate surface area is 124 Å². The number of hydrogen-bond donors (Lipinski definition) is 1. The molecule has 1 heterocycles. The lowest BCUT2D eigenvalue weighted by atomic mass is 9.93. The number of nitrogens with zero attached hydrogens (tertiary/aromatic N) is 2. The molecule has 20 heavy (non-hydrogen) atoms. The topological polar surface area (TPSA) is 49.6 Å². The first-order valence-corrected chi connectivity index (χ1v) is 7.99. The van der Waals surface area contributed by atoms with Crippen molar-refractivity contribution in [3.05, 3.63) is 0 Å². The summed E-state index contributed by atoms with van der Waals surface area (Å²) in [5.74, 6) is 0.245. The zero-order chi connectivity index (χ0) is 15.5. The number of carbonyl (C=O) groups is 1. The quantitative estimate of drug-likeness (QED) is 0.812. The van der Waals surface area contributed by atoms with Crippen molar-refractivity contribution in [1.29, 1.82) is 0 Å². The van der Waals surface area contributed by atoms with E-state index in [4.69, 9.17) is 5.73 Å². The summed E-state index contributed by atoms with van der Waals surface area (Å²) >= 11 is 0. The summed E-state index contributed by atoms with van der Waals surface area (Å²) in [5, 5.41) is 0. The van der Waals surface area contributed by atoms with Gasteiger partial charge in [0.1, 0.15) is 0 Å². The van der Waals surface area contributed by atoms with Crippen LogP contribution in [0.2, 0.25) is 0 Å². The van der Waals surface area contributed by atoms with E-state index >= 15 is 0 Å². The lowest BCUT2D eigenvalue weighted by Gasteiger charge is -2.37. The van der Waals surface area contributed by atoms with E-state index in [0.29, 0.717) is 18.6 Å². The maximum Gasteiger partial charge on any atom is 0.239 e. The molecule has 4 nitrogen and oxygen atoms in total. The molecule has 0 aliphatic carbocycles. The van der Waals surface area contributed by atoms with Crippen LogP contribution in [0.4, 0.5) is 0 Å². The lowest BCUT2D eigenvalue weighted by Crippen LogP contribution is -2.52. The molecule has 1 rings (SSSR count). The molecule has 0 aromatic heterocycles. The van der Waals surface area contributed by atoms with Crippen molar-refractivity contribution in [2.24, 2.45) is 11.1 Å². The highest BCUT2D eigenvalue weighted by Crippen LogP contribution is 2.27. The third-order valence-electron chi connectivity index (χ3n) is 4.69. The molecule has 118 valence electrons. The molecule has 4 heteroatoms. The van der Waals surface area contributed by atoms with Crippen molar-refractivity contribution in [3.8, 4) is 0 Å². The Morgan fingerprint density at radius 1 is 1.35 bits per heavy atom. The largest absolute Gasteiger partial charge is 0.341 e. The van der Waals surface area contributed by atoms with Gasteiger partial charge in [0.15, 0.2) is 0 Å². The highest BCUT2D eigenvalue weighted by molar-refractivity contribution is 5.81. The third kappa shape index (κ3) is 3.95. The van der Waals surface area contributed by atoms with E-state index in [1.807, 2.05) is 11.8 Å². The van der Waals surface area contributed by atoms with Crippen LogP contribution in [0.1, 0.15) is 54.4 Å². The van der Waals surface area contributed by atoms with Gasteiger partial charge in [0.25, 0.3) is 0 Å². The molecule has 1 amide bonds. The molecular formula is C16H33N3O. The monoisotopic (exact) mass is 283 g/mol. The maximum absolute atomic E-state index is 12.8. The molecule has 0 spiro atoms. The Kier molecular flexibility index (Phi) is 6.02. The summed E-state index contributed by atoms with van der Waals surface area (Å²) in [5.41, 5.74) is 5.78. The van der Waals surface area contributed by atoms with Gasteiger partial charge in [-0.2, -0.15) is 0 Å². The molecule has 1 aliphatic rings. The molecule has 0 aromatic carbocycles. The molecule has 1 fully saturated rings. The van der Waals surface area contributed by atoms with Crippen LogP contribution in [0.3, 0.4) is 0 Å². The number of rotatable bonds is 6. The molecular weight excluding hydrogens is 250 g/mol. The summed E-state index contributed by atoms with van der Waals surface area (Å²) in [7, 11) is 0. The fourth-order valence-corrected chi connectivity index (χ4v) is 3.30. The van der Waals surface area contributed by atoms with E-state index < -0.39 is 0 Å². The average molecular weight is 283 g/mol. The second-order valence-corrected chi connectivity index (χ2v) is 7.12. The zero-order valence-electron chi connectivity index (χ0n) is 14.1. The van der Waals surface area contributed by atoms with Gasteiger partial charge >= 0.3 is 0 Å². The maximum atomic E-state index is 12.8. The number of likely N-dealkylation sites (tertiary alicyclic amines) is 1. The number of amides is 1. The van der Waals surface area contributed by atoms with Crippen molar-refractivity contribution in [1.82, 2.24) is 9.80 Å². The van der Waals surface area contributed by atoms with Crippen LogP contribution in [0, 0.1) is 5.41 Å². The summed E-state index contributed by atoms with van der Waals surface area (Å²) in [4.78, 5) is 17.1. The highest BCUT2D eigenvalue weighted by atomic mass is 16.2. The van der Waals surface area contributed by atoms with Gasteiger partial charge in [-0.15, -0.1) is 0 Å². The van der Waals surface area contributed by atoms with Gasteiger partial charge < -0.3 is 10.6 Å². The molecule has 1 aliphatic heterocycles. The second-order valence-electron chi connectivity index (χ2n) is 7.12. The molecule has 3 atom stereocenters. The molecule has 0 aromatic rings. The van der Waals surface area contributed by atoms with Gasteiger partial charge in [-0.25, -0.2) is 0 Å². The first-order chi connectivity index (χ1) is 9.23. The Hall–Kier alpha value is -0.610. The van der Waals surface area contributed by atoms with Crippen LogP contribution in [0.25, 0.3) is 0 Å². The third-order valence-corrected chi connectivity index (χ3v) is 4.69. The SMILES string of the molecule is CCN(CC(C)(C)CN)C(=O)C(C)N1C(C)CCC1C. The Balaban J connectivity index is 2.75. The molecule has 0 bridgehead atoms. The minimum atomic E-state index is -0.0315. The van der Waals surface area contributed by atoms with Crippen LogP contribution < -0.4 is 5.73 Å². The predicted molar refractivity (Wildman–Crippen MR) is 84.5 cm³/mol. The number of carbonyl (C=O) groups excluding carboxylic acids is 1. The van der Waals surface area contributed by atoms with Gasteiger partial charge in [0.2, 0.25) is 5.91 Å². The molecule has 2 N–H and O–H groups in total. The summed E-state index contributed by atoms with van der Waals surface area (Å²) in [6.07, 6.45) is 2.39. The Bertz CT molecular complexity index is 320. The fraction of sp³-hybridized carbons (Fsp3) is 0.938. The molecule has 1 saturated heterocycles. The van der Waals surface area contributed by atoms with Gasteiger partial charge in [-0.1, -0.05) is 13.8 Å². The van der Waals surface area contributed by atoms with Crippen LogP contribution >= 0.6 is 0 Å². The molecule has 3 unspecified atom stereocenters. The van der Waals surface area contributed by atoms with E-state index in [1.54, 1.807) is 0 Å². The molecule has 0 saturated carbocycles. The summed E-state index contributed by atoms with van der Waals surface area (Å²) < 4.78 is 0. The number of hydrogen-bond acceptors (Lipinski definition) is 3. The van der Waals surface area contributed by atoms with Gasteiger partial charge in [-0.05, 0) is 52.5 Å². The smallest absolute Gasteiger partial charge is 0.239 e.